The summed E-state index contributed by atoms with van der Waals surface area (Å²) in [6.45, 7) is -0.167. The number of carbonyl (C=O) groups excluding carboxylic acids is 3. The standard InChI is InChI=1S/C13H16O10S/c14-9(1-2-24-23-22-17)18-5-10(15)20-8-3-7-6-4-19-13(16)11(6)12(8)21-7/h6-8,11-12,17H,1-5H2. The second-order valence-electron chi connectivity index (χ2n) is 5.60. The summed E-state index contributed by atoms with van der Waals surface area (Å²) in [5, 5.41) is 11.3. The van der Waals surface area contributed by atoms with Gasteiger partial charge in [-0.1, -0.05) is 5.04 Å². The first-order valence-corrected chi connectivity index (χ1v) is 8.28. The minimum absolute atomic E-state index is 0.0336. The fraction of sp³-hybridized carbons (Fsp3) is 0.769. The monoisotopic (exact) mass is 364 g/mol. The Kier molecular flexibility index (Phi) is 5.56. The van der Waals surface area contributed by atoms with Crippen molar-refractivity contribution in [3.05, 3.63) is 0 Å². The molecule has 1 N–H and O–H groups in total. The van der Waals surface area contributed by atoms with Crippen LogP contribution in [0, 0.1) is 11.8 Å². The summed E-state index contributed by atoms with van der Waals surface area (Å²) in [4.78, 5) is 34.8. The van der Waals surface area contributed by atoms with Gasteiger partial charge in [-0.15, -0.1) is 4.33 Å². The van der Waals surface area contributed by atoms with Gasteiger partial charge in [0.05, 0.1) is 25.0 Å². The highest BCUT2D eigenvalue weighted by molar-refractivity contribution is 7.94. The Bertz CT molecular complexity index is 511. The van der Waals surface area contributed by atoms with Crippen molar-refractivity contribution in [1.82, 2.24) is 0 Å². The zero-order valence-electron chi connectivity index (χ0n) is 12.5. The molecule has 0 aliphatic carbocycles. The van der Waals surface area contributed by atoms with Crippen molar-refractivity contribution in [2.45, 2.75) is 31.2 Å². The number of rotatable bonds is 8. The molecule has 0 radical (unpaired) electrons. The lowest BCUT2D eigenvalue weighted by Gasteiger charge is -2.24. The summed E-state index contributed by atoms with van der Waals surface area (Å²) in [6.07, 6.45) is -0.677. The number of hydrogen-bond donors (Lipinski definition) is 1. The van der Waals surface area contributed by atoms with Crippen molar-refractivity contribution in [3.8, 4) is 0 Å². The zero-order chi connectivity index (χ0) is 17.1. The molecule has 134 valence electrons. The third-order valence-electron chi connectivity index (χ3n) is 4.25. The van der Waals surface area contributed by atoms with Crippen LogP contribution < -0.4 is 0 Å². The summed E-state index contributed by atoms with van der Waals surface area (Å²) in [7, 11) is 0. The van der Waals surface area contributed by atoms with Gasteiger partial charge in [-0.05, 0) is 0 Å². The highest BCUT2D eigenvalue weighted by Gasteiger charge is 2.61. The summed E-state index contributed by atoms with van der Waals surface area (Å²) in [5.41, 5.74) is 0. The molecule has 0 spiro atoms. The van der Waals surface area contributed by atoms with Crippen molar-refractivity contribution < 1.29 is 48.0 Å². The number of fused-ring (bicyclic) bond motifs is 5. The van der Waals surface area contributed by atoms with Crippen LogP contribution in [-0.2, 0) is 42.7 Å². The first-order chi connectivity index (χ1) is 11.6. The van der Waals surface area contributed by atoms with E-state index in [0.717, 1.165) is 0 Å². The smallest absolute Gasteiger partial charge is 0.344 e. The van der Waals surface area contributed by atoms with Crippen molar-refractivity contribution in [3.63, 3.8) is 0 Å². The van der Waals surface area contributed by atoms with Crippen LogP contribution in [0.4, 0.5) is 0 Å². The molecule has 3 aliphatic rings. The third kappa shape index (κ3) is 3.64. The molecular weight excluding hydrogens is 348 g/mol. The van der Waals surface area contributed by atoms with Crippen molar-refractivity contribution in [1.29, 1.82) is 0 Å². The fourth-order valence-corrected chi connectivity index (χ4v) is 3.64. The van der Waals surface area contributed by atoms with Crippen LogP contribution in [0.15, 0.2) is 0 Å². The molecule has 5 atom stereocenters. The second kappa shape index (κ2) is 7.66. The molecular formula is C13H16O10S. The quantitative estimate of drug-likeness (QED) is 0.154. The van der Waals surface area contributed by atoms with Gasteiger partial charge < -0.3 is 18.9 Å². The highest BCUT2D eigenvalue weighted by atomic mass is 32.2. The van der Waals surface area contributed by atoms with E-state index in [4.69, 9.17) is 24.2 Å². The second-order valence-corrected chi connectivity index (χ2v) is 6.38. The molecule has 0 aromatic carbocycles. The number of hydrogen-bond acceptors (Lipinski definition) is 11. The van der Waals surface area contributed by atoms with Gasteiger partial charge in [0.2, 0.25) is 0 Å². The molecule has 3 heterocycles. The van der Waals surface area contributed by atoms with Crippen molar-refractivity contribution in [2.75, 3.05) is 19.0 Å². The Morgan fingerprint density at radius 1 is 1.33 bits per heavy atom. The lowest BCUT2D eigenvalue weighted by Crippen LogP contribution is -2.40. The Hall–Kier alpha value is -1.40. The average molecular weight is 364 g/mol. The van der Waals surface area contributed by atoms with E-state index in [1.54, 1.807) is 0 Å². The molecule has 0 aromatic rings. The van der Waals surface area contributed by atoms with Crippen LogP contribution >= 0.6 is 12.0 Å². The van der Waals surface area contributed by atoms with E-state index in [-0.39, 0.29) is 36.1 Å². The van der Waals surface area contributed by atoms with E-state index in [9.17, 15) is 14.4 Å². The Morgan fingerprint density at radius 2 is 2.17 bits per heavy atom. The summed E-state index contributed by atoms with van der Waals surface area (Å²) in [5.74, 6) is -1.79. The normalized spacial score (nSPS) is 33.2. The Morgan fingerprint density at radius 3 is 2.96 bits per heavy atom. The maximum absolute atomic E-state index is 11.8. The van der Waals surface area contributed by atoms with E-state index in [1.807, 2.05) is 0 Å². The molecule has 3 fully saturated rings. The maximum atomic E-state index is 11.8. The predicted octanol–water partition coefficient (Wildman–Crippen LogP) is -0.139. The molecule has 0 amide bonds. The highest BCUT2D eigenvalue weighted by Crippen LogP contribution is 2.48. The molecule has 3 saturated heterocycles. The first-order valence-electron chi connectivity index (χ1n) is 7.37. The first kappa shape index (κ1) is 17.4. The molecule has 0 saturated carbocycles. The number of cyclic esters (lactones) is 1. The van der Waals surface area contributed by atoms with Gasteiger partial charge in [0.15, 0.2) is 6.61 Å². The fourth-order valence-electron chi connectivity index (χ4n) is 3.28. The van der Waals surface area contributed by atoms with Crippen LogP contribution in [0.5, 0.6) is 0 Å². The maximum Gasteiger partial charge on any atom is 0.344 e. The molecule has 2 bridgehead atoms. The van der Waals surface area contributed by atoms with Crippen LogP contribution in [0.1, 0.15) is 12.8 Å². The van der Waals surface area contributed by atoms with E-state index in [0.29, 0.717) is 25.1 Å². The van der Waals surface area contributed by atoms with Crippen molar-refractivity contribution >= 4 is 30.0 Å². The van der Waals surface area contributed by atoms with Gasteiger partial charge in [-0.3, -0.25) is 9.59 Å². The molecule has 10 nitrogen and oxygen atoms in total. The van der Waals surface area contributed by atoms with Gasteiger partial charge in [0.25, 0.3) is 0 Å². The minimum atomic E-state index is -0.699. The number of carbonyl (C=O) groups is 3. The van der Waals surface area contributed by atoms with Crippen LogP contribution in [0.3, 0.4) is 0 Å². The van der Waals surface area contributed by atoms with Crippen molar-refractivity contribution in [2.24, 2.45) is 11.8 Å². The molecule has 11 heteroatoms. The summed E-state index contributed by atoms with van der Waals surface area (Å²) in [6, 6.07) is 0. The van der Waals surface area contributed by atoms with E-state index >= 15 is 0 Å². The molecule has 24 heavy (non-hydrogen) atoms. The molecule has 3 rings (SSSR count). The summed E-state index contributed by atoms with van der Waals surface area (Å²) < 4.78 is 24.8. The minimum Gasteiger partial charge on any atom is -0.465 e. The SMILES string of the molecule is O=C(CCSOOO)OCC(=O)OC1CC2OC1C1C(=O)OCC21. The predicted molar refractivity (Wildman–Crippen MR) is 73.9 cm³/mol. The molecule has 3 aliphatic heterocycles. The topological polar surface area (TPSA) is 127 Å². The van der Waals surface area contributed by atoms with E-state index < -0.39 is 30.8 Å². The van der Waals surface area contributed by atoms with E-state index in [2.05, 4.69) is 9.37 Å². The van der Waals surface area contributed by atoms with Gasteiger partial charge in [-0.2, -0.15) is 0 Å². The van der Waals surface area contributed by atoms with E-state index in [1.165, 1.54) is 0 Å². The van der Waals surface area contributed by atoms with Crippen LogP contribution in [-0.4, -0.2) is 60.4 Å². The molecule has 0 aromatic heterocycles. The van der Waals surface area contributed by atoms with Crippen LogP contribution in [0.2, 0.25) is 0 Å². The lowest BCUT2D eigenvalue weighted by molar-refractivity contribution is -0.432. The number of ether oxygens (including phenoxy) is 4. The van der Waals surface area contributed by atoms with Gasteiger partial charge in [0.1, 0.15) is 12.2 Å². The Labute approximate surface area is 140 Å². The average Bonchev–Trinajstić information content (AvgIpc) is 3.23. The molecule has 5 unspecified atom stereocenters. The lowest BCUT2D eigenvalue weighted by atomic mass is 9.80. The Balaban J connectivity index is 1.37. The van der Waals surface area contributed by atoms with Crippen LogP contribution in [0.25, 0.3) is 0 Å². The van der Waals surface area contributed by atoms with Gasteiger partial charge in [-0.25, -0.2) is 10.1 Å². The zero-order valence-corrected chi connectivity index (χ0v) is 13.3. The summed E-state index contributed by atoms with van der Waals surface area (Å²) >= 11 is 0.710. The van der Waals surface area contributed by atoms with Gasteiger partial charge >= 0.3 is 17.9 Å². The number of esters is 3. The third-order valence-corrected chi connectivity index (χ3v) is 4.78. The van der Waals surface area contributed by atoms with Gasteiger partial charge in [0, 0.05) is 30.1 Å². The largest absolute Gasteiger partial charge is 0.465 e.